The highest BCUT2D eigenvalue weighted by atomic mass is 16.3. The van der Waals surface area contributed by atoms with Crippen LogP contribution >= 0.6 is 0 Å². The lowest BCUT2D eigenvalue weighted by Crippen LogP contribution is -1.87. The fourth-order valence-corrected chi connectivity index (χ4v) is 1.92. The highest BCUT2D eigenvalue weighted by Crippen LogP contribution is 2.31. The van der Waals surface area contributed by atoms with Crippen molar-refractivity contribution < 1.29 is 5.11 Å². The Morgan fingerprint density at radius 3 is 2.20 bits per heavy atom. The van der Waals surface area contributed by atoms with Crippen molar-refractivity contribution >= 4 is 0 Å². The summed E-state index contributed by atoms with van der Waals surface area (Å²) in [6.45, 7) is 6.01. The second-order valence-electron chi connectivity index (χ2n) is 4.18. The van der Waals surface area contributed by atoms with E-state index in [1.54, 1.807) is 6.92 Å². The largest absolute Gasteiger partial charge is 0.389 e. The molecule has 15 heavy (non-hydrogen) atoms. The Balaban J connectivity index is 2.71. The van der Waals surface area contributed by atoms with Crippen LogP contribution in [0.2, 0.25) is 0 Å². The lowest BCUT2D eigenvalue weighted by molar-refractivity contribution is 0.199. The van der Waals surface area contributed by atoms with Crippen LogP contribution in [0.3, 0.4) is 0 Å². The van der Waals surface area contributed by atoms with Gasteiger partial charge in [-0.15, -0.1) is 0 Å². The van der Waals surface area contributed by atoms with E-state index in [0.29, 0.717) is 0 Å². The van der Waals surface area contributed by atoms with Crippen molar-refractivity contribution in [1.29, 1.82) is 0 Å². The lowest BCUT2D eigenvalue weighted by atomic mass is 10.1. The lowest BCUT2D eigenvalue weighted by Gasteiger charge is -2.02. The molecule has 78 valence electrons. The molecule has 0 fully saturated rings. The van der Waals surface area contributed by atoms with E-state index in [1.165, 1.54) is 22.3 Å². The summed E-state index contributed by atoms with van der Waals surface area (Å²) >= 11 is 0. The maximum atomic E-state index is 9.61. The predicted molar refractivity (Wildman–Crippen MR) is 63.2 cm³/mol. The first-order valence-corrected chi connectivity index (χ1v) is 5.27. The maximum Gasteiger partial charge on any atom is 0.0762 e. The summed E-state index contributed by atoms with van der Waals surface area (Å²) in [6.07, 6.45) is -0.408. The zero-order chi connectivity index (χ0) is 11.0. The standard InChI is InChI=1S/C14H16O/c1-9-4-6-12(11(3)15)8-14-10(2)5-7-13(9)14/h4-8,11,15H,1-3H3. The molecule has 2 rings (SSSR count). The molecule has 1 nitrogen and oxygen atoms in total. The Bertz CT molecular complexity index is 457. The predicted octanol–water partition coefficient (Wildman–Crippen LogP) is 3.46. The highest BCUT2D eigenvalue weighted by Gasteiger charge is 2.10. The van der Waals surface area contributed by atoms with Crippen LogP contribution in [0.4, 0.5) is 0 Å². The van der Waals surface area contributed by atoms with Gasteiger partial charge < -0.3 is 5.11 Å². The third-order valence-electron chi connectivity index (χ3n) is 2.96. The van der Waals surface area contributed by atoms with Gasteiger partial charge in [0.15, 0.2) is 0 Å². The van der Waals surface area contributed by atoms with Crippen molar-refractivity contribution in [2.75, 3.05) is 0 Å². The number of aliphatic hydroxyl groups is 1. The normalized spacial score (nSPS) is 13.1. The van der Waals surface area contributed by atoms with Crippen LogP contribution in [0.25, 0.3) is 11.1 Å². The minimum atomic E-state index is -0.408. The molecule has 1 atom stereocenters. The number of rotatable bonds is 1. The third-order valence-corrected chi connectivity index (χ3v) is 2.96. The summed E-state index contributed by atoms with van der Waals surface area (Å²) in [4.78, 5) is 0. The average molecular weight is 200 g/mol. The van der Waals surface area contributed by atoms with E-state index in [1.807, 2.05) is 6.07 Å². The van der Waals surface area contributed by atoms with Crippen LogP contribution in [0.5, 0.6) is 0 Å². The smallest absolute Gasteiger partial charge is 0.0762 e. The first-order chi connectivity index (χ1) is 7.09. The maximum absolute atomic E-state index is 9.61. The number of fused-ring (bicyclic) bond motifs is 1. The number of aryl methyl sites for hydroxylation is 2. The SMILES string of the molecule is Cc1ccc(C(C)O)cc2c(C)ccc1-2. The quantitative estimate of drug-likeness (QED) is 0.747. The summed E-state index contributed by atoms with van der Waals surface area (Å²) in [5.74, 6) is 0. The monoisotopic (exact) mass is 200 g/mol. The van der Waals surface area contributed by atoms with Crippen molar-refractivity contribution in [2.45, 2.75) is 26.9 Å². The molecule has 0 heterocycles. The fourth-order valence-electron chi connectivity index (χ4n) is 1.92. The Labute approximate surface area is 90.7 Å². The Kier molecular flexibility index (Phi) is 2.49. The fraction of sp³-hybridized carbons (Fsp3) is 0.286. The Morgan fingerprint density at radius 1 is 0.933 bits per heavy atom. The summed E-state index contributed by atoms with van der Waals surface area (Å²) < 4.78 is 0. The van der Waals surface area contributed by atoms with Gasteiger partial charge in [-0.3, -0.25) is 0 Å². The van der Waals surface area contributed by atoms with E-state index >= 15 is 0 Å². The summed E-state index contributed by atoms with van der Waals surface area (Å²) in [5, 5.41) is 9.61. The summed E-state index contributed by atoms with van der Waals surface area (Å²) in [6, 6.07) is 10.4. The molecule has 0 radical (unpaired) electrons. The molecule has 0 aromatic heterocycles. The zero-order valence-corrected chi connectivity index (χ0v) is 9.41. The van der Waals surface area contributed by atoms with Gasteiger partial charge in [-0.05, 0) is 54.7 Å². The second-order valence-corrected chi connectivity index (χ2v) is 4.18. The minimum absolute atomic E-state index is 0.408. The molecule has 0 aromatic rings. The van der Waals surface area contributed by atoms with Crippen LogP contribution in [-0.2, 0) is 0 Å². The number of hydrogen-bond donors (Lipinski definition) is 1. The van der Waals surface area contributed by atoms with Crippen molar-refractivity contribution in [2.24, 2.45) is 0 Å². The van der Waals surface area contributed by atoms with E-state index < -0.39 is 6.10 Å². The molecule has 0 aliphatic heterocycles. The van der Waals surface area contributed by atoms with Crippen LogP contribution in [-0.4, -0.2) is 5.11 Å². The van der Waals surface area contributed by atoms with Crippen molar-refractivity contribution in [3.8, 4) is 11.1 Å². The van der Waals surface area contributed by atoms with Crippen LogP contribution < -0.4 is 0 Å². The van der Waals surface area contributed by atoms with Crippen LogP contribution in [0.1, 0.15) is 29.7 Å². The van der Waals surface area contributed by atoms with Crippen molar-refractivity contribution in [1.82, 2.24) is 0 Å². The van der Waals surface area contributed by atoms with E-state index in [4.69, 9.17) is 0 Å². The van der Waals surface area contributed by atoms with Crippen molar-refractivity contribution in [3.05, 3.63) is 47.0 Å². The molecule has 0 spiro atoms. The van der Waals surface area contributed by atoms with E-state index in [-0.39, 0.29) is 0 Å². The minimum Gasteiger partial charge on any atom is -0.389 e. The van der Waals surface area contributed by atoms with E-state index in [9.17, 15) is 5.11 Å². The van der Waals surface area contributed by atoms with Crippen LogP contribution in [0.15, 0.2) is 30.3 Å². The van der Waals surface area contributed by atoms with Gasteiger partial charge >= 0.3 is 0 Å². The zero-order valence-electron chi connectivity index (χ0n) is 9.41. The summed E-state index contributed by atoms with van der Waals surface area (Å²) in [5.41, 5.74) is 6.02. The first kappa shape index (κ1) is 10.2. The summed E-state index contributed by atoms with van der Waals surface area (Å²) in [7, 11) is 0. The average Bonchev–Trinajstić information content (AvgIpc) is 2.43. The van der Waals surface area contributed by atoms with Crippen LogP contribution in [0, 0.1) is 13.8 Å². The second kappa shape index (κ2) is 3.67. The van der Waals surface area contributed by atoms with Gasteiger partial charge in [0, 0.05) is 0 Å². The third kappa shape index (κ3) is 1.75. The molecule has 1 unspecified atom stereocenters. The van der Waals surface area contributed by atoms with Gasteiger partial charge in [0.1, 0.15) is 0 Å². The molecular weight excluding hydrogens is 184 g/mol. The van der Waals surface area contributed by atoms with Gasteiger partial charge in [-0.25, -0.2) is 0 Å². The molecule has 0 saturated carbocycles. The Hall–Kier alpha value is -1.34. The molecule has 1 N–H and O–H groups in total. The molecule has 0 aromatic carbocycles. The molecule has 0 bridgehead atoms. The highest BCUT2D eigenvalue weighted by molar-refractivity contribution is 5.73. The van der Waals surface area contributed by atoms with Gasteiger partial charge in [0.05, 0.1) is 6.10 Å². The van der Waals surface area contributed by atoms with Gasteiger partial charge in [-0.2, -0.15) is 0 Å². The Morgan fingerprint density at radius 2 is 1.53 bits per heavy atom. The van der Waals surface area contributed by atoms with Gasteiger partial charge in [-0.1, -0.05) is 24.3 Å². The van der Waals surface area contributed by atoms with Gasteiger partial charge in [0.2, 0.25) is 0 Å². The number of aliphatic hydroxyl groups excluding tert-OH is 1. The van der Waals surface area contributed by atoms with Crippen molar-refractivity contribution in [3.63, 3.8) is 0 Å². The van der Waals surface area contributed by atoms with Gasteiger partial charge in [0.25, 0.3) is 0 Å². The van der Waals surface area contributed by atoms with E-state index in [2.05, 4.69) is 38.1 Å². The number of hydrogen-bond acceptors (Lipinski definition) is 1. The van der Waals surface area contributed by atoms with E-state index in [0.717, 1.165) is 5.56 Å². The molecule has 2 aliphatic carbocycles. The molecular formula is C14H16O. The first-order valence-electron chi connectivity index (χ1n) is 5.27. The topological polar surface area (TPSA) is 20.2 Å². The molecule has 1 heteroatoms. The molecule has 2 aliphatic rings. The molecule has 0 amide bonds. The molecule has 0 saturated heterocycles.